The number of carbonyl (C=O) groups excluding carboxylic acids is 1. The van der Waals surface area contributed by atoms with Gasteiger partial charge in [-0.1, -0.05) is 0 Å². The van der Waals surface area contributed by atoms with Crippen LogP contribution in [0.1, 0.15) is 10.4 Å². The van der Waals surface area contributed by atoms with E-state index in [1.54, 1.807) is 0 Å². The van der Waals surface area contributed by atoms with E-state index < -0.39 is 100 Å². The first-order valence-electron chi connectivity index (χ1n) is 12.6. The first-order chi connectivity index (χ1) is 20.8. The fourth-order valence-corrected chi connectivity index (χ4v) is 4.44. The molecule has 10 N–H and O–H groups in total. The monoisotopic (exact) mass is 616 g/mol. The number of carbonyl (C=O) groups is 1. The molecular weight excluding hydrogens is 592 g/mol. The number of rotatable bonds is 6. The Kier molecular flexibility index (Phi) is 7.75. The van der Waals surface area contributed by atoms with Crippen molar-refractivity contribution in [2.75, 3.05) is 6.61 Å². The lowest BCUT2D eigenvalue weighted by molar-refractivity contribution is -0.277. The van der Waals surface area contributed by atoms with Crippen molar-refractivity contribution in [2.24, 2.45) is 0 Å². The van der Waals surface area contributed by atoms with E-state index in [2.05, 4.69) is 0 Å². The number of esters is 1. The lowest BCUT2D eigenvalue weighted by Gasteiger charge is -2.39. The molecular formula is C28H24O16. The Morgan fingerprint density at radius 2 is 1.43 bits per heavy atom. The third-order valence-corrected chi connectivity index (χ3v) is 6.77. The summed E-state index contributed by atoms with van der Waals surface area (Å²) in [6.45, 7) is -0.730. The first-order valence-corrected chi connectivity index (χ1v) is 12.6. The molecule has 0 amide bonds. The first kappa shape index (κ1) is 30.1. The molecule has 2 heterocycles. The number of aromatic hydroxyl groups is 7. The minimum atomic E-state index is -1.89. The highest BCUT2D eigenvalue weighted by Gasteiger charge is 2.45. The van der Waals surface area contributed by atoms with Gasteiger partial charge in [-0.3, -0.25) is 4.79 Å². The molecule has 5 atom stereocenters. The van der Waals surface area contributed by atoms with E-state index in [1.807, 2.05) is 0 Å². The van der Waals surface area contributed by atoms with Crippen LogP contribution in [-0.4, -0.2) is 94.3 Å². The van der Waals surface area contributed by atoms with Gasteiger partial charge in [0.1, 0.15) is 53.5 Å². The Morgan fingerprint density at radius 3 is 2.09 bits per heavy atom. The fourth-order valence-electron chi connectivity index (χ4n) is 4.44. The summed E-state index contributed by atoms with van der Waals surface area (Å²) in [6.07, 6.45) is -8.83. The molecule has 16 heteroatoms. The zero-order valence-corrected chi connectivity index (χ0v) is 22.1. The topological polar surface area (TPSA) is 277 Å². The second-order valence-corrected chi connectivity index (χ2v) is 9.72. The molecule has 3 aromatic carbocycles. The number of phenols is 6. The molecule has 44 heavy (non-hydrogen) atoms. The Labute approximate surface area is 244 Å². The number of benzene rings is 3. The number of aliphatic hydroxyl groups is 3. The number of hydrogen-bond donors (Lipinski definition) is 10. The summed E-state index contributed by atoms with van der Waals surface area (Å²) in [5, 5.41) is 99.7. The maximum Gasteiger partial charge on any atom is 0.338 e. The van der Waals surface area contributed by atoms with Crippen LogP contribution in [0.15, 0.2) is 51.7 Å². The average Bonchev–Trinajstić information content (AvgIpc) is 2.98. The van der Waals surface area contributed by atoms with Gasteiger partial charge in [-0.15, -0.1) is 0 Å². The largest absolute Gasteiger partial charge is 0.507 e. The van der Waals surface area contributed by atoms with E-state index in [0.717, 1.165) is 36.4 Å². The van der Waals surface area contributed by atoms with Gasteiger partial charge in [0.15, 0.2) is 34.5 Å². The van der Waals surface area contributed by atoms with E-state index in [9.17, 15) is 60.7 Å². The summed E-state index contributed by atoms with van der Waals surface area (Å²) < 4.78 is 21.7. The van der Waals surface area contributed by atoms with Crippen molar-refractivity contribution < 1.29 is 74.5 Å². The lowest BCUT2D eigenvalue weighted by atomic mass is 9.99. The van der Waals surface area contributed by atoms with Crippen LogP contribution in [-0.2, 0) is 9.47 Å². The summed E-state index contributed by atoms with van der Waals surface area (Å²) in [4.78, 5) is 25.2. The van der Waals surface area contributed by atoms with Gasteiger partial charge in [0, 0.05) is 17.7 Å². The van der Waals surface area contributed by atoms with Gasteiger partial charge in [0.2, 0.25) is 17.5 Å². The van der Waals surface area contributed by atoms with Gasteiger partial charge < -0.3 is 69.7 Å². The molecule has 1 fully saturated rings. The summed E-state index contributed by atoms with van der Waals surface area (Å²) >= 11 is 0. The van der Waals surface area contributed by atoms with Crippen molar-refractivity contribution in [3.05, 3.63) is 58.3 Å². The standard InChI is InChI=1S/C28H24O16/c29-12-2-1-9(3-13(12)30)26-24(38)22(36)19-14(31)6-11(7-17(19)43-26)42-28-25(39)23(37)21(35)18(44-28)8-41-27(40)10-4-15(32)20(34)16(33)5-10/h1-7,18,21,23,25,28-35,37-39H,8H2. The van der Waals surface area contributed by atoms with E-state index in [0.29, 0.717) is 0 Å². The normalized spacial score (nSPS) is 21.7. The minimum absolute atomic E-state index is 0.0131. The highest BCUT2D eigenvalue weighted by molar-refractivity contribution is 5.91. The fraction of sp³-hybridized carbons (Fsp3) is 0.214. The third kappa shape index (κ3) is 5.40. The molecule has 0 bridgehead atoms. The van der Waals surface area contributed by atoms with Crippen molar-refractivity contribution in [1.29, 1.82) is 0 Å². The molecule has 0 spiro atoms. The van der Waals surface area contributed by atoms with Crippen molar-refractivity contribution in [3.63, 3.8) is 0 Å². The van der Waals surface area contributed by atoms with Crippen LogP contribution in [0.4, 0.5) is 0 Å². The number of hydrogen-bond acceptors (Lipinski definition) is 16. The highest BCUT2D eigenvalue weighted by Crippen LogP contribution is 2.39. The van der Waals surface area contributed by atoms with E-state index in [-0.39, 0.29) is 22.5 Å². The van der Waals surface area contributed by atoms with Crippen molar-refractivity contribution in [1.82, 2.24) is 0 Å². The van der Waals surface area contributed by atoms with Gasteiger partial charge in [-0.05, 0) is 30.3 Å². The van der Waals surface area contributed by atoms with Crippen LogP contribution in [0.2, 0.25) is 0 Å². The average molecular weight is 616 g/mol. The van der Waals surface area contributed by atoms with Gasteiger partial charge >= 0.3 is 5.97 Å². The molecule has 16 nitrogen and oxygen atoms in total. The molecule has 0 radical (unpaired) electrons. The second-order valence-electron chi connectivity index (χ2n) is 9.72. The van der Waals surface area contributed by atoms with Gasteiger partial charge in [-0.25, -0.2) is 4.79 Å². The Morgan fingerprint density at radius 1 is 0.750 bits per heavy atom. The van der Waals surface area contributed by atoms with Crippen LogP contribution < -0.4 is 10.2 Å². The van der Waals surface area contributed by atoms with Crippen LogP contribution in [0.25, 0.3) is 22.3 Å². The molecule has 1 aliphatic heterocycles. The third-order valence-electron chi connectivity index (χ3n) is 6.77. The molecule has 4 aromatic rings. The lowest BCUT2D eigenvalue weighted by Crippen LogP contribution is -2.60. The van der Waals surface area contributed by atoms with Crippen molar-refractivity contribution >= 4 is 16.9 Å². The quantitative estimate of drug-likeness (QED) is 0.104. The van der Waals surface area contributed by atoms with Crippen molar-refractivity contribution in [2.45, 2.75) is 30.7 Å². The molecule has 5 unspecified atom stereocenters. The smallest absolute Gasteiger partial charge is 0.338 e. The van der Waals surface area contributed by atoms with Crippen LogP contribution in [0, 0.1) is 0 Å². The Balaban J connectivity index is 1.39. The minimum Gasteiger partial charge on any atom is -0.507 e. The zero-order valence-electron chi connectivity index (χ0n) is 22.1. The number of ether oxygens (including phenoxy) is 3. The molecule has 1 aromatic heterocycles. The second kappa shape index (κ2) is 11.3. The van der Waals surface area contributed by atoms with Gasteiger partial charge in [-0.2, -0.15) is 0 Å². The zero-order chi connectivity index (χ0) is 32.0. The molecule has 5 rings (SSSR count). The van der Waals surface area contributed by atoms with E-state index in [4.69, 9.17) is 18.6 Å². The number of phenolic OH excluding ortho intramolecular Hbond substituents is 6. The van der Waals surface area contributed by atoms with Crippen LogP contribution in [0.3, 0.4) is 0 Å². The predicted octanol–water partition coefficient (Wildman–Crippen LogP) is 0.443. The predicted molar refractivity (Wildman–Crippen MR) is 144 cm³/mol. The Bertz CT molecular complexity index is 1790. The summed E-state index contributed by atoms with van der Waals surface area (Å²) in [5.41, 5.74) is -1.77. The molecule has 1 aliphatic rings. The summed E-state index contributed by atoms with van der Waals surface area (Å²) in [5.74, 6) is -7.02. The van der Waals surface area contributed by atoms with E-state index >= 15 is 0 Å². The van der Waals surface area contributed by atoms with Gasteiger partial charge in [0.05, 0.1) is 5.56 Å². The van der Waals surface area contributed by atoms with Crippen molar-refractivity contribution in [3.8, 4) is 57.3 Å². The summed E-state index contributed by atoms with van der Waals surface area (Å²) in [7, 11) is 0. The molecule has 0 aliphatic carbocycles. The van der Waals surface area contributed by atoms with Gasteiger partial charge in [0.25, 0.3) is 0 Å². The number of fused-ring (bicyclic) bond motifs is 1. The summed E-state index contributed by atoms with van der Waals surface area (Å²) in [6, 6.07) is 6.93. The number of aliphatic hydroxyl groups excluding tert-OH is 3. The van der Waals surface area contributed by atoms with E-state index in [1.165, 1.54) is 6.07 Å². The SMILES string of the molecule is O=C(OCC1OC(Oc2cc(O)c3c(=O)c(O)c(-c4ccc(O)c(O)c4)oc3c2)C(O)C(O)C1O)c1cc(O)c(O)c(O)c1. The molecule has 232 valence electrons. The Hall–Kier alpha value is -5.42. The molecule has 1 saturated heterocycles. The maximum absolute atomic E-state index is 12.8. The van der Waals surface area contributed by atoms with Crippen LogP contribution in [0.5, 0.6) is 46.0 Å². The molecule has 0 saturated carbocycles. The maximum atomic E-state index is 12.8. The van der Waals surface area contributed by atoms with Crippen LogP contribution >= 0.6 is 0 Å². The highest BCUT2D eigenvalue weighted by atomic mass is 16.7.